The molecule has 0 radical (unpaired) electrons. The van der Waals surface area contributed by atoms with E-state index in [4.69, 9.17) is 10.5 Å². The van der Waals surface area contributed by atoms with Crippen molar-refractivity contribution in [3.8, 4) is 0 Å². The molecule has 0 spiro atoms. The Labute approximate surface area is 92.8 Å². The molecular formula is C11H13FN2O2. The normalized spacial score (nSPS) is 16.2. The third kappa shape index (κ3) is 2.14. The number of amides is 1. The fraction of sp³-hybridized carbons (Fsp3) is 0.364. The zero-order chi connectivity index (χ0) is 11.5. The average molecular weight is 224 g/mol. The van der Waals surface area contributed by atoms with Gasteiger partial charge in [0.2, 0.25) is 0 Å². The predicted molar refractivity (Wildman–Crippen MR) is 57.5 cm³/mol. The molecule has 0 atom stereocenters. The Hall–Kier alpha value is -1.62. The van der Waals surface area contributed by atoms with Crippen molar-refractivity contribution >= 4 is 11.6 Å². The molecule has 1 aliphatic rings. The Morgan fingerprint density at radius 2 is 2.06 bits per heavy atom. The largest absolute Gasteiger partial charge is 0.398 e. The molecule has 1 amide bonds. The minimum absolute atomic E-state index is 0.224. The highest BCUT2D eigenvalue weighted by Gasteiger charge is 2.20. The van der Waals surface area contributed by atoms with Gasteiger partial charge in [-0.15, -0.1) is 0 Å². The molecule has 0 aliphatic carbocycles. The van der Waals surface area contributed by atoms with E-state index in [1.54, 1.807) is 4.90 Å². The molecule has 4 nitrogen and oxygen atoms in total. The summed E-state index contributed by atoms with van der Waals surface area (Å²) < 4.78 is 18.2. The summed E-state index contributed by atoms with van der Waals surface area (Å²) >= 11 is 0. The molecule has 0 unspecified atom stereocenters. The first-order valence-electron chi connectivity index (χ1n) is 5.10. The Morgan fingerprint density at radius 1 is 1.38 bits per heavy atom. The van der Waals surface area contributed by atoms with E-state index in [2.05, 4.69) is 0 Å². The Bertz CT molecular complexity index is 403. The van der Waals surface area contributed by atoms with Crippen LogP contribution in [-0.2, 0) is 4.74 Å². The number of hydrogen-bond donors (Lipinski definition) is 1. The molecule has 2 rings (SSSR count). The number of carbonyl (C=O) groups excluding carboxylic acids is 1. The highest BCUT2D eigenvalue weighted by molar-refractivity contribution is 5.99. The van der Waals surface area contributed by atoms with E-state index in [1.165, 1.54) is 18.2 Å². The SMILES string of the molecule is Nc1ccc(F)cc1C(=O)N1CCOCC1. The lowest BCUT2D eigenvalue weighted by molar-refractivity contribution is 0.0303. The number of halogens is 1. The van der Waals surface area contributed by atoms with Crippen LogP contribution in [0.1, 0.15) is 10.4 Å². The van der Waals surface area contributed by atoms with Gasteiger partial charge in [-0.05, 0) is 18.2 Å². The zero-order valence-electron chi connectivity index (χ0n) is 8.78. The Morgan fingerprint density at radius 3 is 2.75 bits per heavy atom. The van der Waals surface area contributed by atoms with E-state index < -0.39 is 5.82 Å². The van der Waals surface area contributed by atoms with Gasteiger partial charge in [0, 0.05) is 18.8 Å². The van der Waals surface area contributed by atoms with Crippen LogP contribution in [0.15, 0.2) is 18.2 Å². The second-order valence-electron chi connectivity index (χ2n) is 3.64. The van der Waals surface area contributed by atoms with Crippen molar-refractivity contribution in [2.45, 2.75) is 0 Å². The second kappa shape index (κ2) is 4.49. The van der Waals surface area contributed by atoms with Gasteiger partial charge < -0.3 is 15.4 Å². The van der Waals surface area contributed by atoms with E-state index in [9.17, 15) is 9.18 Å². The number of morpholine rings is 1. The molecule has 1 saturated heterocycles. The molecule has 0 aromatic heterocycles. The summed E-state index contributed by atoms with van der Waals surface area (Å²) in [6, 6.07) is 3.82. The number of benzene rings is 1. The van der Waals surface area contributed by atoms with Crippen LogP contribution in [0, 0.1) is 5.82 Å². The lowest BCUT2D eigenvalue weighted by atomic mass is 10.1. The van der Waals surface area contributed by atoms with Gasteiger partial charge >= 0.3 is 0 Å². The summed E-state index contributed by atoms with van der Waals surface area (Å²) in [7, 11) is 0. The lowest BCUT2D eigenvalue weighted by Crippen LogP contribution is -2.41. The van der Waals surface area contributed by atoms with Gasteiger partial charge in [0.1, 0.15) is 5.82 Å². The molecule has 86 valence electrons. The first kappa shape index (κ1) is 10.9. The van der Waals surface area contributed by atoms with Gasteiger partial charge in [0.05, 0.1) is 18.8 Å². The van der Waals surface area contributed by atoms with Crippen molar-refractivity contribution in [2.75, 3.05) is 32.0 Å². The van der Waals surface area contributed by atoms with Crippen molar-refractivity contribution in [3.05, 3.63) is 29.6 Å². The van der Waals surface area contributed by atoms with Crippen LogP contribution in [0.2, 0.25) is 0 Å². The number of carbonyl (C=O) groups is 1. The number of ether oxygens (including phenoxy) is 1. The first-order valence-corrected chi connectivity index (χ1v) is 5.10. The van der Waals surface area contributed by atoms with Crippen LogP contribution in [0.3, 0.4) is 0 Å². The summed E-state index contributed by atoms with van der Waals surface area (Å²) in [5.41, 5.74) is 6.18. The first-order chi connectivity index (χ1) is 7.68. The summed E-state index contributed by atoms with van der Waals surface area (Å²) in [5, 5.41) is 0. The van der Waals surface area contributed by atoms with Crippen LogP contribution in [0.4, 0.5) is 10.1 Å². The summed E-state index contributed by atoms with van der Waals surface area (Å²) in [6.07, 6.45) is 0. The highest BCUT2D eigenvalue weighted by Crippen LogP contribution is 2.16. The van der Waals surface area contributed by atoms with Gasteiger partial charge in [-0.3, -0.25) is 4.79 Å². The van der Waals surface area contributed by atoms with Crippen molar-refractivity contribution in [1.82, 2.24) is 4.90 Å². The molecule has 1 aromatic rings. The van der Waals surface area contributed by atoms with Crippen LogP contribution in [-0.4, -0.2) is 37.1 Å². The molecule has 1 fully saturated rings. The topological polar surface area (TPSA) is 55.6 Å². The maximum Gasteiger partial charge on any atom is 0.256 e. The fourth-order valence-corrected chi connectivity index (χ4v) is 1.65. The van der Waals surface area contributed by atoms with Crippen molar-refractivity contribution in [1.29, 1.82) is 0 Å². The van der Waals surface area contributed by atoms with E-state index in [0.717, 1.165) is 0 Å². The molecule has 16 heavy (non-hydrogen) atoms. The van der Waals surface area contributed by atoms with Gasteiger partial charge in [-0.2, -0.15) is 0 Å². The third-order valence-corrected chi connectivity index (χ3v) is 2.54. The van der Waals surface area contributed by atoms with Crippen LogP contribution in [0.25, 0.3) is 0 Å². The second-order valence-corrected chi connectivity index (χ2v) is 3.64. The minimum Gasteiger partial charge on any atom is -0.398 e. The lowest BCUT2D eigenvalue weighted by Gasteiger charge is -2.27. The molecule has 1 heterocycles. The molecule has 5 heteroatoms. The average Bonchev–Trinajstić information content (AvgIpc) is 2.32. The molecule has 0 bridgehead atoms. The minimum atomic E-state index is -0.453. The quantitative estimate of drug-likeness (QED) is 0.720. The van der Waals surface area contributed by atoms with Crippen LogP contribution < -0.4 is 5.73 Å². The monoisotopic (exact) mass is 224 g/mol. The van der Waals surface area contributed by atoms with Crippen molar-refractivity contribution in [3.63, 3.8) is 0 Å². The summed E-state index contributed by atoms with van der Waals surface area (Å²) in [6.45, 7) is 2.07. The molecule has 2 N–H and O–H groups in total. The number of nitrogens with zero attached hydrogens (tertiary/aromatic N) is 1. The van der Waals surface area contributed by atoms with Crippen molar-refractivity contribution < 1.29 is 13.9 Å². The van der Waals surface area contributed by atoms with Crippen LogP contribution in [0.5, 0.6) is 0 Å². The predicted octanol–water partition coefficient (Wildman–Crippen LogP) is 0.880. The van der Waals surface area contributed by atoms with E-state index >= 15 is 0 Å². The van der Waals surface area contributed by atoms with E-state index in [0.29, 0.717) is 32.0 Å². The highest BCUT2D eigenvalue weighted by atomic mass is 19.1. The van der Waals surface area contributed by atoms with E-state index in [-0.39, 0.29) is 11.5 Å². The van der Waals surface area contributed by atoms with E-state index in [1.807, 2.05) is 0 Å². The van der Waals surface area contributed by atoms with Crippen LogP contribution >= 0.6 is 0 Å². The number of anilines is 1. The fourth-order valence-electron chi connectivity index (χ4n) is 1.65. The Kier molecular flexibility index (Phi) is 3.05. The standard InChI is InChI=1S/C11H13FN2O2/c12-8-1-2-10(13)9(7-8)11(15)14-3-5-16-6-4-14/h1-2,7H,3-6,13H2. The summed E-state index contributed by atoms with van der Waals surface area (Å²) in [5.74, 6) is -0.689. The molecular weight excluding hydrogens is 211 g/mol. The third-order valence-electron chi connectivity index (χ3n) is 2.54. The maximum absolute atomic E-state index is 13.0. The smallest absolute Gasteiger partial charge is 0.256 e. The Balaban J connectivity index is 2.22. The number of rotatable bonds is 1. The van der Waals surface area contributed by atoms with Gasteiger partial charge in [0.25, 0.3) is 5.91 Å². The zero-order valence-corrected chi connectivity index (χ0v) is 8.78. The maximum atomic E-state index is 13.0. The van der Waals surface area contributed by atoms with Crippen molar-refractivity contribution in [2.24, 2.45) is 0 Å². The summed E-state index contributed by atoms with van der Waals surface area (Å²) in [4.78, 5) is 13.6. The molecule has 1 aliphatic heterocycles. The number of nitrogens with two attached hydrogens (primary N) is 1. The number of hydrogen-bond acceptors (Lipinski definition) is 3. The molecule has 0 saturated carbocycles. The van der Waals surface area contributed by atoms with Gasteiger partial charge in [-0.1, -0.05) is 0 Å². The number of nitrogen functional groups attached to an aromatic ring is 1. The van der Waals surface area contributed by atoms with Gasteiger partial charge in [0.15, 0.2) is 0 Å². The van der Waals surface area contributed by atoms with Gasteiger partial charge in [-0.25, -0.2) is 4.39 Å². The molecule has 1 aromatic carbocycles.